The molecule has 0 spiro atoms. The number of nitrogens with zero attached hydrogens (tertiary/aromatic N) is 2. The summed E-state index contributed by atoms with van der Waals surface area (Å²) in [4.78, 5) is 28.6. The van der Waals surface area contributed by atoms with Crippen LogP contribution in [-0.2, 0) is 9.59 Å². The minimum absolute atomic E-state index is 0.0698. The highest BCUT2D eigenvalue weighted by Gasteiger charge is 2.36. The molecule has 0 bridgehead atoms. The van der Waals surface area contributed by atoms with Crippen molar-refractivity contribution in [3.05, 3.63) is 51.7 Å². The number of amides is 2. The van der Waals surface area contributed by atoms with Gasteiger partial charge in [0.25, 0.3) is 11.8 Å². The molecule has 9 heteroatoms. The van der Waals surface area contributed by atoms with Crippen LogP contribution in [0.5, 0.6) is 0 Å². The van der Waals surface area contributed by atoms with Crippen LogP contribution in [-0.4, -0.2) is 30.0 Å². The number of rotatable bonds is 5. The summed E-state index contributed by atoms with van der Waals surface area (Å²) in [6, 6.07) is 8.32. The lowest BCUT2D eigenvalue weighted by atomic mass is 10.1. The van der Waals surface area contributed by atoms with E-state index >= 15 is 0 Å². The van der Waals surface area contributed by atoms with Crippen molar-refractivity contribution < 1.29 is 14.0 Å². The quantitative estimate of drug-likeness (QED) is 0.429. The predicted molar refractivity (Wildman–Crippen MR) is 115 cm³/mol. The van der Waals surface area contributed by atoms with Gasteiger partial charge in [0.1, 0.15) is 11.3 Å². The summed E-state index contributed by atoms with van der Waals surface area (Å²) in [5.74, 6) is -0.181. The molecule has 0 aliphatic carbocycles. The van der Waals surface area contributed by atoms with Gasteiger partial charge >= 0.3 is 0 Å². The molecule has 1 fully saturated rings. The van der Waals surface area contributed by atoms with E-state index in [2.05, 4.69) is 5.32 Å². The fourth-order valence-corrected chi connectivity index (χ4v) is 3.46. The van der Waals surface area contributed by atoms with Gasteiger partial charge in [-0.05, 0) is 50.3 Å². The number of benzene rings is 1. The van der Waals surface area contributed by atoms with Gasteiger partial charge in [0.2, 0.25) is 0 Å². The van der Waals surface area contributed by atoms with E-state index in [0.29, 0.717) is 17.3 Å². The molecule has 2 heterocycles. The van der Waals surface area contributed by atoms with Gasteiger partial charge in [0, 0.05) is 19.2 Å². The van der Waals surface area contributed by atoms with E-state index in [9.17, 15) is 9.59 Å². The first-order chi connectivity index (χ1) is 13.4. The molecule has 6 nitrogen and oxygen atoms in total. The van der Waals surface area contributed by atoms with Crippen LogP contribution in [0.2, 0.25) is 10.0 Å². The van der Waals surface area contributed by atoms with E-state index in [1.807, 2.05) is 18.7 Å². The van der Waals surface area contributed by atoms with E-state index in [-0.39, 0.29) is 20.7 Å². The number of carbonyl (C=O) groups excluding carboxylic acids is 2. The zero-order chi connectivity index (χ0) is 20.4. The van der Waals surface area contributed by atoms with Crippen LogP contribution in [0.3, 0.4) is 0 Å². The van der Waals surface area contributed by atoms with Gasteiger partial charge in [-0.15, -0.1) is 0 Å². The molecule has 0 radical (unpaired) electrons. The first kappa shape index (κ1) is 20.4. The third kappa shape index (κ3) is 3.78. The van der Waals surface area contributed by atoms with Gasteiger partial charge in [-0.3, -0.25) is 19.8 Å². The molecular weight excluding hydrogens is 421 g/mol. The molecule has 0 saturated carbocycles. The van der Waals surface area contributed by atoms with Crippen LogP contribution >= 0.6 is 35.4 Å². The lowest BCUT2D eigenvalue weighted by Crippen LogP contribution is -2.54. The molecule has 2 amide bonds. The highest BCUT2D eigenvalue weighted by molar-refractivity contribution is 7.80. The Morgan fingerprint density at radius 1 is 1.18 bits per heavy atom. The smallest absolute Gasteiger partial charge is 0.270 e. The summed E-state index contributed by atoms with van der Waals surface area (Å²) in [6.07, 6.45) is 1.39. The molecule has 0 unspecified atom stereocenters. The summed E-state index contributed by atoms with van der Waals surface area (Å²) >= 11 is 17.4. The number of hydrogen-bond acceptors (Lipinski definition) is 5. The fraction of sp³-hybridized carbons (Fsp3) is 0.211. The second-order valence-corrected chi connectivity index (χ2v) is 7.05. The van der Waals surface area contributed by atoms with E-state index in [4.69, 9.17) is 39.8 Å². The van der Waals surface area contributed by atoms with E-state index in [1.165, 1.54) is 6.08 Å². The van der Waals surface area contributed by atoms with Crippen molar-refractivity contribution in [1.82, 2.24) is 5.32 Å². The summed E-state index contributed by atoms with van der Waals surface area (Å²) in [5, 5.41) is 2.87. The zero-order valence-corrected chi connectivity index (χ0v) is 17.5. The average molecular weight is 438 g/mol. The summed E-state index contributed by atoms with van der Waals surface area (Å²) in [5.41, 5.74) is 0.170. The van der Waals surface area contributed by atoms with Crippen LogP contribution < -0.4 is 15.1 Å². The highest BCUT2D eigenvalue weighted by atomic mass is 35.5. The van der Waals surface area contributed by atoms with Gasteiger partial charge in [-0.1, -0.05) is 29.3 Å². The van der Waals surface area contributed by atoms with Crippen LogP contribution in [0.25, 0.3) is 6.08 Å². The van der Waals surface area contributed by atoms with Crippen molar-refractivity contribution in [2.24, 2.45) is 0 Å². The van der Waals surface area contributed by atoms with Crippen molar-refractivity contribution in [2.45, 2.75) is 13.8 Å². The first-order valence-corrected chi connectivity index (χ1v) is 9.74. The Morgan fingerprint density at radius 3 is 2.57 bits per heavy atom. The number of carbonyl (C=O) groups is 2. The third-order valence-electron chi connectivity index (χ3n) is 4.25. The van der Waals surface area contributed by atoms with Crippen LogP contribution in [0.4, 0.5) is 11.6 Å². The van der Waals surface area contributed by atoms with Gasteiger partial charge in [0.15, 0.2) is 11.0 Å². The maximum absolute atomic E-state index is 13.0. The van der Waals surface area contributed by atoms with E-state index in [0.717, 1.165) is 18.0 Å². The molecule has 3 rings (SSSR count). The normalized spacial score (nSPS) is 15.9. The van der Waals surface area contributed by atoms with Crippen LogP contribution in [0, 0.1) is 0 Å². The molecule has 146 valence electrons. The largest absolute Gasteiger partial charge is 0.441 e. The number of nitrogens with one attached hydrogen (secondary N) is 1. The van der Waals surface area contributed by atoms with Gasteiger partial charge in [0.05, 0.1) is 15.7 Å². The highest BCUT2D eigenvalue weighted by Crippen LogP contribution is 2.34. The standard InChI is InChI=1S/C19H17Cl2N3O3S/c1-3-23(4-2)15-9-8-11(27-15)10-12-17(25)22-19(28)24(18(12)26)14-7-5-6-13(20)16(14)21/h5-10H,3-4H2,1-2H3,(H,22,25,28)/b12-10+. The topological polar surface area (TPSA) is 65.8 Å². The molecule has 28 heavy (non-hydrogen) atoms. The first-order valence-electron chi connectivity index (χ1n) is 8.57. The third-order valence-corrected chi connectivity index (χ3v) is 5.34. The SMILES string of the molecule is CCN(CC)c1ccc(/C=C2\C(=O)NC(=S)N(c3cccc(Cl)c3Cl)C2=O)o1. The Labute approximate surface area is 177 Å². The van der Waals surface area contributed by atoms with Crippen molar-refractivity contribution in [1.29, 1.82) is 0 Å². The lowest BCUT2D eigenvalue weighted by molar-refractivity contribution is -0.122. The van der Waals surface area contributed by atoms with E-state index in [1.54, 1.807) is 30.3 Å². The summed E-state index contributed by atoms with van der Waals surface area (Å²) in [7, 11) is 0. The second-order valence-electron chi connectivity index (χ2n) is 5.88. The number of anilines is 2. The minimum Gasteiger partial charge on any atom is -0.441 e. The number of thiocarbonyl (C=S) groups is 1. The average Bonchev–Trinajstić information content (AvgIpc) is 3.11. The molecule has 1 aliphatic rings. The monoisotopic (exact) mass is 437 g/mol. The molecule has 1 N–H and O–H groups in total. The molecule has 0 atom stereocenters. The molecule has 1 aromatic carbocycles. The Kier molecular flexibility index (Phi) is 6.07. The summed E-state index contributed by atoms with van der Waals surface area (Å²) < 4.78 is 5.76. The lowest BCUT2D eigenvalue weighted by Gasteiger charge is -2.29. The Bertz CT molecular complexity index is 983. The molecule has 1 saturated heterocycles. The van der Waals surface area contributed by atoms with Crippen LogP contribution in [0.1, 0.15) is 19.6 Å². The van der Waals surface area contributed by atoms with Gasteiger partial charge < -0.3 is 9.32 Å². The molecule has 2 aromatic rings. The predicted octanol–water partition coefficient (Wildman–Crippen LogP) is 4.26. The van der Waals surface area contributed by atoms with Crippen LogP contribution in [0.15, 0.2) is 40.3 Å². The number of hydrogen-bond donors (Lipinski definition) is 1. The Morgan fingerprint density at radius 2 is 1.89 bits per heavy atom. The van der Waals surface area contributed by atoms with Crippen molar-refractivity contribution >= 4 is 70.0 Å². The maximum Gasteiger partial charge on any atom is 0.270 e. The molecule has 1 aromatic heterocycles. The van der Waals surface area contributed by atoms with Crippen molar-refractivity contribution in [2.75, 3.05) is 22.9 Å². The fourth-order valence-electron chi connectivity index (χ4n) is 2.81. The number of halogens is 2. The molecule has 1 aliphatic heterocycles. The summed E-state index contributed by atoms with van der Waals surface area (Å²) in [6.45, 7) is 5.56. The van der Waals surface area contributed by atoms with Gasteiger partial charge in [-0.25, -0.2) is 0 Å². The Hall–Kier alpha value is -2.35. The maximum atomic E-state index is 13.0. The van der Waals surface area contributed by atoms with Gasteiger partial charge in [-0.2, -0.15) is 0 Å². The van der Waals surface area contributed by atoms with Crippen molar-refractivity contribution in [3.63, 3.8) is 0 Å². The second kappa shape index (κ2) is 8.34. The molecular formula is C19H17Cl2N3O3S. The van der Waals surface area contributed by atoms with E-state index < -0.39 is 11.8 Å². The Balaban J connectivity index is 1.98. The van der Waals surface area contributed by atoms with Crippen molar-refractivity contribution in [3.8, 4) is 0 Å². The minimum atomic E-state index is -0.612. The number of furan rings is 1. The zero-order valence-electron chi connectivity index (χ0n) is 15.2.